The molecule has 0 bridgehead atoms. The second-order valence-electron chi connectivity index (χ2n) is 5.34. The minimum Gasteiger partial charge on any atom is -0.447 e. The Labute approximate surface area is 120 Å². The highest BCUT2D eigenvalue weighted by Gasteiger charge is 2.10. The van der Waals surface area contributed by atoms with Crippen LogP contribution in [0.5, 0.6) is 0 Å². The van der Waals surface area contributed by atoms with Gasteiger partial charge in [0.05, 0.1) is 6.10 Å². The van der Waals surface area contributed by atoms with Gasteiger partial charge in [0, 0.05) is 24.5 Å². The second kappa shape index (κ2) is 7.67. The summed E-state index contributed by atoms with van der Waals surface area (Å²) in [6, 6.07) is 1.82. The van der Waals surface area contributed by atoms with E-state index in [2.05, 4.69) is 34.4 Å². The van der Waals surface area contributed by atoms with Crippen LogP contribution in [-0.4, -0.2) is 34.8 Å². The van der Waals surface area contributed by atoms with Crippen LogP contribution < -0.4 is 10.6 Å². The van der Waals surface area contributed by atoms with Crippen LogP contribution in [0.25, 0.3) is 0 Å². The lowest BCUT2D eigenvalue weighted by Crippen LogP contribution is -2.38. The van der Waals surface area contributed by atoms with E-state index >= 15 is 0 Å². The quantitative estimate of drug-likeness (QED) is 0.837. The average molecular weight is 280 g/mol. The van der Waals surface area contributed by atoms with E-state index in [4.69, 9.17) is 4.74 Å². The highest BCUT2D eigenvalue weighted by atomic mass is 16.6. The van der Waals surface area contributed by atoms with Gasteiger partial charge in [-0.1, -0.05) is 13.8 Å². The van der Waals surface area contributed by atoms with Gasteiger partial charge in [0.25, 0.3) is 0 Å². The van der Waals surface area contributed by atoms with E-state index in [1.807, 2.05) is 26.8 Å². The number of alkyl carbamates (subject to hydrolysis) is 1. The van der Waals surface area contributed by atoms with Crippen molar-refractivity contribution >= 4 is 12.0 Å². The Morgan fingerprint density at radius 2 is 2.00 bits per heavy atom. The normalized spacial score (nSPS) is 12.3. The maximum atomic E-state index is 11.4. The van der Waals surface area contributed by atoms with Gasteiger partial charge in [-0.2, -0.15) is 0 Å². The molecule has 0 spiro atoms. The molecule has 6 heteroatoms. The molecule has 20 heavy (non-hydrogen) atoms. The smallest absolute Gasteiger partial charge is 0.407 e. The monoisotopic (exact) mass is 280 g/mol. The zero-order chi connectivity index (χ0) is 15.1. The molecule has 1 rings (SSSR count). The predicted molar refractivity (Wildman–Crippen MR) is 78.8 cm³/mol. The van der Waals surface area contributed by atoms with E-state index in [1.165, 1.54) is 0 Å². The average Bonchev–Trinajstić information content (AvgIpc) is 2.35. The summed E-state index contributed by atoms with van der Waals surface area (Å²) in [6.45, 7) is 10.2. The first kappa shape index (κ1) is 16.2. The molecule has 1 atom stereocenters. The first-order valence-electron chi connectivity index (χ1n) is 6.92. The lowest BCUT2D eigenvalue weighted by molar-refractivity contribution is 0.113. The summed E-state index contributed by atoms with van der Waals surface area (Å²) in [4.78, 5) is 20.0. The predicted octanol–water partition coefficient (Wildman–Crippen LogP) is 2.54. The molecule has 1 heterocycles. The van der Waals surface area contributed by atoms with Crippen molar-refractivity contribution in [2.45, 2.75) is 52.7 Å². The van der Waals surface area contributed by atoms with E-state index in [9.17, 15) is 4.79 Å². The fourth-order valence-electron chi connectivity index (χ4n) is 1.52. The van der Waals surface area contributed by atoms with E-state index in [0.717, 1.165) is 5.69 Å². The van der Waals surface area contributed by atoms with Gasteiger partial charge >= 0.3 is 6.09 Å². The Hall–Kier alpha value is -1.85. The number of rotatable bonds is 6. The van der Waals surface area contributed by atoms with E-state index in [0.29, 0.717) is 18.4 Å². The first-order valence-corrected chi connectivity index (χ1v) is 6.92. The fraction of sp³-hybridized carbons (Fsp3) is 0.643. The van der Waals surface area contributed by atoms with Gasteiger partial charge in [0.15, 0.2) is 0 Å². The second-order valence-corrected chi connectivity index (χ2v) is 5.34. The molecule has 6 nitrogen and oxygen atoms in total. The van der Waals surface area contributed by atoms with Crippen molar-refractivity contribution in [1.82, 2.24) is 15.3 Å². The molecule has 0 radical (unpaired) electrons. The zero-order valence-electron chi connectivity index (χ0n) is 12.8. The number of ether oxygens (including phenoxy) is 1. The number of amides is 1. The summed E-state index contributed by atoms with van der Waals surface area (Å²) in [6.07, 6.45) is 1.20. The van der Waals surface area contributed by atoms with Crippen LogP contribution in [0.2, 0.25) is 0 Å². The maximum absolute atomic E-state index is 11.4. The molecule has 0 aliphatic heterocycles. The molecule has 112 valence electrons. The van der Waals surface area contributed by atoms with Crippen molar-refractivity contribution in [3.05, 3.63) is 18.0 Å². The number of nitrogens with one attached hydrogen (secondary N) is 2. The van der Waals surface area contributed by atoms with E-state index in [-0.39, 0.29) is 12.1 Å². The van der Waals surface area contributed by atoms with Gasteiger partial charge in [-0.15, -0.1) is 0 Å². The first-order chi connectivity index (χ1) is 9.38. The van der Waals surface area contributed by atoms with E-state index < -0.39 is 6.09 Å². The molecule has 0 aliphatic carbocycles. The highest BCUT2D eigenvalue weighted by molar-refractivity contribution is 5.67. The molecule has 0 saturated heterocycles. The Bertz CT molecular complexity index is 435. The molecule has 1 aromatic rings. The molecule has 0 unspecified atom stereocenters. The number of anilines is 1. The molecule has 1 aromatic heterocycles. The van der Waals surface area contributed by atoms with Gasteiger partial charge in [0.1, 0.15) is 0 Å². The SMILES string of the molecule is CC(C)OC(=O)N[C@H](C)CNc1nccc(C(C)C)n1. The van der Waals surface area contributed by atoms with Gasteiger partial charge in [-0.05, 0) is 32.8 Å². The van der Waals surface area contributed by atoms with Crippen molar-refractivity contribution in [3.63, 3.8) is 0 Å². The number of nitrogens with zero attached hydrogens (tertiary/aromatic N) is 2. The van der Waals surface area contributed by atoms with Crippen molar-refractivity contribution < 1.29 is 9.53 Å². The summed E-state index contributed by atoms with van der Waals surface area (Å²) < 4.78 is 5.01. The number of aromatic nitrogens is 2. The Morgan fingerprint density at radius 3 is 2.60 bits per heavy atom. The summed E-state index contributed by atoms with van der Waals surface area (Å²) in [7, 11) is 0. The van der Waals surface area contributed by atoms with Gasteiger partial charge in [-0.3, -0.25) is 0 Å². The van der Waals surface area contributed by atoms with Crippen LogP contribution in [0.4, 0.5) is 10.7 Å². The number of carbonyl (C=O) groups is 1. The van der Waals surface area contributed by atoms with Crippen LogP contribution >= 0.6 is 0 Å². The number of hydrogen-bond donors (Lipinski definition) is 2. The Balaban J connectivity index is 2.42. The molecule has 0 aromatic carbocycles. The molecular formula is C14H24N4O2. The maximum Gasteiger partial charge on any atom is 0.407 e. The molecule has 0 aliphatic rings. The third kappa shape index (κ3) is 5.86. The molecule has 1 amide bonds. The topological polar surface area (TPSA) is 76.1 Å². The number of carbonyl (C=O) groups excluding carboxylic acids is 1. The minimum atomic E-state index is -0.411. The van der Waals surface area contributed by atoms with Crippen LogP contribution in [-0.2, 0) is 4.74 Å². The lowest BCUT2D eigenvalue weighted by Gasteiger charge is -2.16. The standard InChI is InChI=1S/C14H24N4O2/c1-9(2)12-6-7-15-13(18-12)16-8-11(5)17-14(19)20-10(3)4/h6-7,9-11H,8H2,1-5H3,(H,17,19)(H,15,16,18)/t11-/m1/s1. The molecule has 2 N–H and O–H groups in total. The largest absolute Gasteiger partial charge is 0.447 e. The van der Waals surface area contributed by atoms with Crippen LogP contribution in [0.1, 0.15) is 46.2 Å². The lowest BCUT2D eigenvalue weighted by atomic mass is 10.1. The summed E-state index contributed by atoms with van der Waals surface area (Å²) >= 11 is 0. The zero-order valence-corrected chi connectivity index (χ0v) is 12.8. The molecular weight excluding hydrogens is 256 g/mol. The highest BCUT2D eigenvalue weighted by Crippen LogP contribution is 2.11. The van der Waals surface area contributed by atoms with Crippen LogP contribution in [0.3, 0.4) is 0 Å². The Morgan fingerprint density at radius 1 is 1.30 bits per heavy atom. The fourth-order valence-corrected chi connectivity index (χ4v) is 1.52. The third-order valence-corrected chi connectivity index (χ3v) is 2.54. The Kier molecular flexibility index (Phi) is 6.21. The number of hydrogen-bond acceptors (Lipinski definition) is 5. The van der Waals surface area contributed by atoms with Crippen molar-refractivity contribution in [2.24, 2.45) is 0 Å². The molecule has 0 fully saturated rings. The van der Waals surface area contributed by atoms with Crippen molar-refractivity contribution in [2.75, 3.05) is 11.9 Å². The summed E-state index contributed by atoms with van der Waals surface area (Å²) in [5, 5.41) is 5.85. The summed E-state index contributed by atoms with van der Waals surface area (Å²) in [5.41, 5.74) is 0.988. The van der Waals surface area contributed by atoms with Crippen LogP contribution in [0.15, 0.2) is 12.3 Å². The summed E-state index contributed by atoms with van der Waals surface area (Å²) in [5.74, 6) is 0.928. The van der Waals surface area contributed by atoms with E-state index in [1.54, 1.807) is 6.20 Å². The van der Waals surface area contributed by atoms with Gasteiger partial charge < -0.3 is 15.4 Å². The van der Waals surface area contributed by atoms with Crippen molar-refractivity contribution in [3.8, 4) is 0 Å². The van der Waals surface area contributed by atoms with Crippen molar-refractivity contribution in [1.29, 1.82) is 0 Å². The minimum absolute atomic E-state index is 0.0763. The molecule has 0 saturated carbocycles. The van der Waals surface area contributed by atoms with Crippen LogP contribution in [0, 0.1) is 0 Å². The van der Waals surface area contributed by atoms with Gasteiger partial charge in [-0.25, -0.2) is 14.8 Å². The third-order valence-electron chi connectivity index (χ3n) is 2.54. The van der Waals surface area contributed by atoms with Gasteiger partial charge in [0.2, 0.25) is 5.95 Å².